The molecular formula is C24H32N4O16. The van der Waals surface area contributed by atoms with E-state index in [1.807, 2.05) is 0 Å². The summed E-state index contributed by atoms with van der Waals surface area (Å²) in [6.45, 7) is 1.81. The second-order valence-corrected chi connectivity index (χ2v) is 8.99. The Balaban J connectivity index is 3.15. The lowest BCUT2D eigenvalue weighted by molar-refractivity contribution is -0.757. The molecular weight excluding hydrogens is 600 g/mol. The third kappa shape index (κ3) is 15.1. The van der Waals surface area contributed by atoms with Gasteiger partial charge in [0.15, 0.2) is 11.5 Å². The monoisotopic (exact) mass is 632 g/mol. The number of benzene rings is 1. The number of rotatable bonds is 22. The maximum absolute atomic E-state index is 12.8. The van der Waals surface area contributed by atoms with Gasteiger partial charge in [-0.05, 0) is 50.8 Å². The summed E-state index contributed by atoms with van der Waals surface area (Å²) < 4.78 is 15.7. The number of amides is 1. The molecule has 0 fully saturated rings. The third-order valence-corrected chi connectivity index (χ3v) is 5.34. The quantitative estimate of drug-likeness (QED) is 0.0622. The Hall–Kier alpha value is -5.30. The number of esters is 3. The summed E-state index contributed by atoms with van der Waals surface area (Å²) in [6.07, 6.45) is -1.19. The Labute approximate surface area is 249 Å². The maximum Gasteiger partial charge on any atom is 0.331 e. The first-order valence-electron chi connectivity index (χ1n) is 13.1. The van der Waals surface area contributed by atoms with Crippen LogP contribution in [-0.4, -0.2) is 71.0 Å². The van der Waals surface area contributed by atoms with Crippen LogP contribution < -0.4 is 14.8 Å². The first-order chi connectivity index (χ1) is 20.7. The molecule has 0 bridgehead atoms. The van der Waals surface area contributed by atoms with Crippen LogP contribution in [0.3, 0.4) is 0 Å². The van der Waals surface area contributed by atoms with Crippen molar-refractivity contribution in [2.75, 3.05) is 26.4 Å². The fraction of sp³-hybridized carbons (Fsp3) is 0.583. The average Bonchev–Trinajstić information content (AvgIpc) is 2.92. The minimum absolute atomic E-state index is 0.0171. The predicted molar refractivity (Wildman–Crippen MR) is 141 cm³/mol. The third-order valence-electron chi connectivity index (χ3n) is 5.34. The number of carbonyl (C=O) groups excluding carboxylic acids is 4. The van der Waals surface area contributed by atoms with Gasteiger partial charge in [-0.2, -0.15) is 0 Å². The standard InChI is InChI=1S/C24H32N4O16/c1-3-39-23(32)24(2,25-20(29)7-4-12-40-26(33)34)16-17-10-11-18(43-21(30)8-5-13-41-27(35)36)19(15-17)44-22(31)9-6-14-42-28(37)38/h10-11,15H,3-9,12-14,16H2,1-2H3,(H,25,29). The Kier molecular flexibility index (Phi) is 15.9. The summed E-state index contributed by atoms with van der Waals surface area (Å²) in [5.74, 6) is -3.66. The normalized spacial score (nSPS) is 11.7. The number of nitrogens with zero attached hydrogens (tertiary/aromatic N) is 3. The molecule has 1 aromatic carbocycles. The molecule has 0 saturated heterocycles. The fourth-order valence-electron chi connectivity index (χ4n) is 3.49. The van der Waals surface area contributed by atoms with Crippen LogP contribution in [0.25, 0.3) is 0 Å². The van der Waals surface area contributed by atoms with E-state index in [-0.39, 0.29) is 82.9 Å². The van der Waals surface area contributed by atoms with E-state index in [9.17, 15) is 49.5 Å². The lowest BCUT2D eigenvalue weighted by Crippen LogP contribution is -2.54. The van der Waals surface area contributed by atoms with E-state index < -0.39 is 44.6 Å². The molecule has 0 aliphatic rings. The van der Waals surface area contributed by atoms with Crippen molar-refractivity contribution in [2.24, 2.45) is 0 Å². The highest BCUT2D eigenvalue weighted by Crippen LogP contribution is 2.31. The highest BCUT2D eigenvalue weighted by atomic mass is 17.0. The molecule has 0 heterocycles. The van der Waals surface area contributed by atoms with Crippen LogP contribution in [0.2, 0.25) is 0 Å². The predicted octanol–water partition coefficient (Wildman–Crippen LogP) is 1.44. The van der Waals surface area contributed by atoms with E-state index in [4.69, 9.17) is 14.2 Å². The largest absolute Gasteiger partial charge is 0.464 e. The van der Waals surface area contributed by atoms with Crippen molar-refractivity contribution in [1.29, 1.82) is 0 Å². The molecule has 20 nitrogen and oxygen atoms in total. The van der Waals surface area contributed by atoms with Crippen molar-refractivity contribution in [3.8, 4) is 11.5 Å². The van der Waals surface area contributed by atoms with E-state index in [0.29, 0.717) is 5.56 Å². The van der Waals surface area contributed by atoms with Crippen LogP contribution in [0.5, 0.6) is 11.5 Å². The van der Waals surface area contributed by atoms with Gasteiger partial charge in [0.1, 0.15) is 5.54 Å². The van der Waals surface area contributed by atoms with Gasteiger partial charge in [-0.3, -0.25) is 14.4 Å². The van der Waals surface area contributed by atoms with Gasteiger partial charge in [-0.15, -0.1) is 30.3 Å². The Bertz CT molecular complexity index is 1190. The highest BCUT2D eigenvalue weighted by molar-refractivity contribution is 5.88. The van der Waals surface area contributed by atoms with Gasteiger partial charge in [-0.25, -0.2) is 4.79 Å². The number of nitrogens with one attached hydrogen (secondary N) is 1. The van der Waals surface area contributed by atoms with E-state index in [2.05, 4.69) is 19.8 Å². The van der Waals surface area contributed by atoms with Crippen LogP contribution in [-0.2, 0) is 44.8 Å². The van der Waals surface area contributed by atoms with Crippen molar-refractivity contribution >= 4 is 23.8 Å². The first kappa shape index (κ1) is 36.7. The van der Waals surface area contributed by atoms with E-state index >= 15 is 0 Å². The molecule has 0 spiro atoms. The Morgan fingerprint density at radius 3 is 1.73 bits per heavy atom. The Morgan fingerprint density at radius 1 is 0.773 bits per heavy atom. The van der Waals surface area contributed by atoms with Crippen molar-refractivity contribution in [2.45, 2.75) is 64.3 Å². The molecule has 1 N–H and O–H groups in total. The lowest BCUT2D eigenvalue weighted by atomic mass is 9.92. The van der Waals surface area contributed by atoms with Crippen LogP contribution >= 0.6 is 0 Å². The molecule has 0 radical (unpaired) electrons. The summed E-state index contributed by atoms with van der Waals surface area (Å²) in [5, 5.41) is 30.3. The van der Waals surface area contributed by atoms with Crippen LogP contribution in [0.4, 0.5) is 0 Å². The topological polar surface area (TPSA) is 265 Å². The van der Waals surface area contributed by atoms with Gasteiger partial charge in [0.2, 0.25) is 5.91 Å². The van der Waals surface area contributed by atoms with Crippen molar-refractivity contribution in [3.63, 3.8) is 0 Å². The molecule has 1 rings (SSSR count). The van der Waals surface area contributed by atoms with Crippen molar-refractivity contribution in [1.82, 2.24) is 5.32 Å². The van der Waals surface area contributed by atoms with Gasteiger partial charge < -0.3 is 34.0 Å². The summed E-state index contributed by atoms with van der Waals surface area (Å²) in [5.41, 5.74) is -1.36. The van der Waals surface area contributed by atoms with Gasteiger partial charge in [-0.1, -0.05) is 6.07 Å². The molecule has 20 heteroatoms. The zero-order valence-corrected chi connectivity index (χ0v) is 23.9. The molecule has 1 aromatic rings. The molecule has 0 aliphatic carbocycles. The minimum atomic E-state index is -1.66. The smallest absolute Gasteiger partial charge is 0.331 e. The van der Waals surface area contributed by atoms with Crippen molar-refractivity contribution in [3.05, 3.63) is 54.1 Å². The average molecular weight is 633 g/mol. The van der Waals surface area contributed by atoms with Crippen molar-refractivity contribution < 1.29 is 63.2 Å². The molecule has 1 atom stereocenters. The summed E-state index contributed by atoms with van der Waals surface area (Å²) >= 11 is 0. The Morgan fingerprint density at radius 2 is 1.25 bits per heavy atom. The molecule has 1 amide bonds. The zero-order chi connectivity index (χ0) is 33.1. The summed E-state index contributed by atoms with van der Waals surface area (Å²) in [4.78, 5) is 93.4. The van der Waals surface area contributed by atoms with Gasteiger partial charge >= 0.3 is 17.9 Å². The molecule has 44 heavy (non-hydrogen) atoms. The van der Waals surface area contributed by atoms with E-state index in [1.165, 1.54) is 25.1 Å². The number of hydrogen-bond donors (Lipinski definition) is 1. The molecule has 1 unspecified atom stereocenters. The van der Waals surface area contributed by atoms with Gasteiger partial charge in [0.05, 0.1) is 26.4 Å². The van der Waals surface area contributed by atoms with Crippen LogP contribution in [0.15, 0.2) is 18.2 Å². The zero-order valence-electron chi connectivity index (χ0n) is 23.9. The van der Waals surface area contributed by atoms with E-state index in [1.54, 1.807) is 6.92 Å². The second-order valence-electron chi connectivity index (χ2n) is 8.99. The molecule has 0 aromatic heterocycles. The van der Waals surface area contributed by atoms with Gasteiger partial charge in [0, 0.05) is 25.7 Å². The lowest BCUT2D eigenvalue weighted by Gasteiger charge is -2.29. The number of ether oxygens (including phenoxy) is 3. The van der Waals surface area contributed by atoms with Crippen LogP contribution in [0, 0.1) is 30.3 Å². The van der Waals surface area contributed by atoms with Gasteiger partial charge in [0.25, 0.3) is 15.3 Å². The van der Waals surface area contributed by atoms with E-state index in [0.717, 1.165) is 0 Å². The fourth-order valence-corrected chi connectivity index (χ4v) is 3.49. The summed E-state index contributed by atoms with van der Waals surface area (Å²) in [6, 6.07) is 3.93. The number of hydrogen-bond acceptors (Lipinski definition) is 16. The number of carbonyl (C=O) groups is 4. The molecule has 0 saturated carbocycles. The van der Waals surface area contributed by atoms with Crippen LogP contribution in [0.1, 0.15) is 57.9 Å². The second kappa shape index (κ2) is 19.0. The first-order valence-corrected chi connectivity index (χ1v) is 13.1. The minimum Gasteiger partial charge on any atom is -0.464 e. The maximum atomic E-state index is 12.8. The molecule has 0 aliphatic heterocycles. The summed E-state index contributed by atoms with van der Waals surface area (Å²) in [7, 11) is 0. The SMILES string of the molecule is CCOC(=O)C(C)(Cc1ccc(OC(=O)CCCO[N+](=O)[O-])c(OC(=O)CCCO[N+](=O)[O-])c1)NC(=O)CCCO[N+](=O)[O-]. The molecule has 244 valence electrons. The highest BCUT2D eigenvalue weighted by Gasteiger charge is 2.37.